The first-order chi connectivity index (χ1) is 17.0. The second kappa shape index (κ2) is 11.2. The number of aromatic nitrogens is 2. The van der Waals surface area contributed by atoms with Crippen LogP contribution in [0.15, 0.2) is 73.1 Å². The Hall–Kier alpha value is -4.33. The third kappa shape index (κ3) is 6.38. The maximum atomic E-state index is 13.0. The lowest BCUT2D eigenvalue weighted by atomic mass is 10.0. The molecule has 4 rings (SSSR count). The first-order valence-corrected chi connectivity index (χ1v) is 11.5. The van der Waals surface area contributed by atoms with E-state index in [2.05, 4.69) is 20.6 Å². The van der Waals surface area contributed by atoms with Crippen LogP contribution in [-0.4, -0.2) is 34.4 Å². The molecule has 0 spiro atoms. The Balaban J connectivity index is 1.39. The number of pyridine rings is 1. The maximum Gasteiger partial charge on any atom is 0.243 e. The molecule has 0 aliphatic rings. The van der Waals surface area contributed by atoms with Crippen LogP contribution in [-0.2, 0) is 22.6 Å². The molecule has 0 fully saturated rings. The molecule has 3 N–H and O–H groups in total. The normalized spacial score (nSPS) is 11.6. The van der Waals surface area contributed by atoms with Gasteiger partial charge in [0.25, 0.3) is 0 Å². The second-order valence-corrected chi connectivity index (χ2v) is 8.04. The van der Waals surface area contributed by atoms with E-state index < -0.39 is 6.04 Å². The summed E-state index contributed by atoms with van der Waals surface area (Å²) in [5, 5.41) is 6.71. The summed E-state index contributed by atoms with van der Waals surface area (Å²) >= 11 is 0. The van der Waals surface area contributed by atoms with E-state index in [1.54, 1.807) is 18.3 Å². The van der Waals surface area contributed by atoms with Gasteiger partial charge in [0.05, 0.1) is 6.61 Å². The Morgan fingerprint density at radius 2 is 1.83 bits per heavy atom. The molecular weight excluding hydrogens is 444 g/mol. The molecule has 0 bridgehead atoms. The average molecular weight is 473 g/mol. The zero-order valence-corrected chi connectivity index (χ0v) is 19.7. The fraction of sp³-hybridized carbons (Fsp3) is 0.222. The number of carbonyl (C=O) groups excluding carboxylic acids is 2. The van der Waals surface area contributed by atoms with Gasteiger partial charge in [0, 0.05) is 49.3 Å². The zero-order valence-electron chi connectivity index (χ0n) is 19.7. The Bertz CT molecular complexity index is 1300. The summed E-state index contributed by atoms with van der Waals surface area (Å²) in [4.78, 5) is 32.2. The summed E-state index contributed by atoms with van der Waals surface area (Å²) in [5.41, 5.74) is 2.77. The van der Waals surface area contributed by atoms with Gasteiger partial charge < -0.3 is 25.1 Å². The molecule has 2 amide bonds. The van der Waals surface area contributed by atoms with Crippen LogP contribution in [0.5, 0.6) is 17.4 Å². The highest BCUT2D eigenvalue weighted by atomic mass is 16.5. The maximum absolute atomic E-state index is 13.0. The summed E-state index contributed by atoms with van der Waals surface area (Å²) in [6, 6.07) is 18.0. The van der Waals surface area contributed by atoms with Crippen LogP contribution in [0.2, 0.25) is 0 Å². The smallest absolute Gasteiger partial charge is 0.243 e. The molecule has 0 saturated heterocycles. The number of fused-ring (bicyclic) bond motifs is 1. The molecule has 0 radical (unpaired) electrons. The number of H-pyrrole nitrogens is 1. The average Bonchev–Trinajstić information content (AvgIpc) is 3.26. The van der Waals surface area contributed by atoms with Gasteiger partial charge in [-0.1, -0.05) is 18.2 Å². The number of rotatable bonds is 10. The minimum Gasteiger partial charge on any atom is -0.494 e. The zero-order chi connectivity index (χ0) is 24.6. The van der Waals surface area contributed by atoms with E-state index in [0.717, 1.165) is 27.8 Å². The highest BCUT2D eigenvalue weighted by molar-refractivity contribution is 5.89. The van der Waals surface area contributed by atoms with Gasteiger partial charge >= 0.3 is 0 Å². The largest absolute Gasteiger partial charge is 0.494 e. The van der Waals surface area contributed by atoms with Crippen LogP contribution in [0.25, 0.3) is 10.9 Å². The Kier molecular flexibility index (Phi) is 7.62. The predicted molar refractivity (Wildman–Crippen MR) is 133 cm³/mol. The number of benzene rings is 2. The van der Waals surface area contributed by atoms with Gasteiger partial charge in [0.1, 0.15) is 17.5 Å². The van der Waals surface area contributed by atoms with Gasteiger partial charge in [0.2, 0.25) is 17.7 Å². The van der Waals surface area contributed by atoms with E-state index >= 15 is 0 Å². The van der Waals surface area contributed by atoms with E-state index in [0.29, 0.717) is 24.7 Å². The van der Waals surface area contributed by atoms with Crippen molar-refractivity contribution >= 4 is 22.7 Å². The Morgan fingerprint density at radius 3 is 2.60 bits per heavy atom. The van der Waals surface area contributed by atoms with Crippen LogP contribution in [0.3, 0.4) is 0 Å². The third-order valence-corrected chi connectivity index (χ3v) is 5.42. The van der Waals surface area contributed by atoms with Crippen molar-refractivity contribution in [2.75, 3.05) is 6.61 Å². The number of ether oxygens (including phenoxy) is 2. The molecule has 8 heteroatoms. The Morgan fingerprint density at radius 1 is 1.06 bits per heavy atom. The van der Waals surface area contributed by atoms with Crippen LogP contribution in [0.1, 0.15) is 25.0 Å². The van der Waals surface area contributed by atoms with Gasteiger partial charge in [-0.2, -0.15) is 0 Å². The lowest BCUT2D eigenvalue weighted by molar-refractivity contribution is -0.128. The third-order valence-electron chi connectivity index (χ3n) is 5.42. The van der Waals surface area contributed by atoms with E-state index in [-0.39, 0.29) is 18.4 Å². The highest BCUT2D eigenvalue weighted by Crippen LogP contribution is 2.23. The number of aromatic amines is 1. The van der Waals surface area contributed by atoms with Crippen molar-refractivity contribution in [3.05, 3.63) is 84.2 Å². The quantitative estimate of drug-likeness (QED) is 0.322. The summed E-state index contributed by atoms with van der Waals surface area (Å²) in [6.07, 6.45) is 3.88. The van der Waals surface area contributed by atoms with Crippen molar-refractivity contribution in [2.45, 2.75) is 32.9 Å². The van der Waals surface area contributed by atoms with E-state index in [1.807, 2.05) is 61.7 Å². The summed E-state index contributed by atoms with van der Waals surface area (Å²) in [5.74, 6) is 1.28. The minimum atomic E-state index is -0.701. The molecule has 2 aromatic carbocycles. The molecule has 4 aromatic rings. The van der Waals surface area contributed by atoms with Crippen molar-refractivity contribution < 1.29 is 19.1 Å². The van der Waals surface area contributed by atoms with E-state index in [1.165, 1.54) is 6.92 Å². The molecule has 0 aliphatic heterocycles. The SMILES string of the molecule is CCOc1ccc(Oc2cc(CNC(=O)C(Cc3c[nH]c4ccccc34)NC(C)=O)ccn2)cc1. The number of para-hydroxylation sites is 1. The Labute approximate surface area is 203 Å². The molecule has 0 aliphatic carbocycles. The first-order valence-electron chi connectivity index (χ1n) is 11.5. The molecule has 2 heterocycles. The minimum absolute atomic E-state index is 0.264. The van der Waals surface area contributed by atoms with Crippen molar-refractivity contribution in [2.24, 2.45) is 0 Å². The number of carbonyl (C=O) groups is 2. The molecule has 35 heavy (non-hydrogen) atoms. The summed E-state index contributed by atoms with van der Waals surface area (Å²) in [7, 11) is 0. The molecule has 0 saturated carbocycles. The van der Waals surface area contributed by atoms with Gasteiger partial charge in [-0.3, -0.25) is 9.59 Å². The van der Waals surface area contributed by atoms with Crippen LogP contribution < -0.4 is 20.1 Å². The fourth-order valence-electron chi connectivity index (χ4n) is 3.79. The molecule has 8 nitrogen and oxygen atoms in total. The van der Waals surface area contributed by atoms with Crippen LogP contribution in [0, 0.1) is 0 Å². The van der Waals surface area contributed by atoms with Crippen LogP contribution in [0.4, 0.5) is 0 Å². The number of nitrogens with zero attached hydrogens (tertiary/aromatic N) is 1. The summed E-state index contributed by atoms with van der Waals surface area (Å²) in [6.45, 7) is 4.20. The topological polar surface area (TPSA) is 105 Å². The standard InChI is InChI=1S/C27H28N4O4/c1-3-34-21-8-10-22(11-9-21)35-26-14-19(12-13-28-26)16-30-27(33)25(31-18(2)32)15-20-17-29-24-7-5-4-6-23(20)24/h4-14,17,25,29H,3,15-16H2,1-2H3,(H,30,33)(H,31,32). The van der Waals surface area contributed by atoms with E-state index in [9.17, 15) is 9.59 Å². The second-order valence-electron chi connectivity index (χ2n) is 8.04. The number of hydrogen-bond donors (Lipinski definition) is 3. The monoisotopic (exact) mass is 472 g/mol. The highest BCUT2D eigenvalue weighted by Gasteiger charge is 2.21. The van der Waals surface area contributed by atoms with Gasteiger partial charge in [-0.05, 0) is 54.4 Å². The fourth-order valence-corrected chi connectivity index (χ4v) is 3.79. The van der Waals surface area contributed by atoms with Crippen molar-refractivity contribution in [1.29, 1.82) is 0 Å². The lowest BCUT2D eigenvalue weighted by Gasteiger charge is -2.17. The van der Waals surface area contributed by atoms with E-state index in [4.69, 9.17) is 9.47 Å². The van der Waals surface area contributed by atoms with Crippen molar-refractivity contribution in [3.63, 3.8) is 0 Å². The van der Waals surface area contributed by atoms with Gasteiger partial charge in [0.15, 0.2) is 0 Å². The molecule has 2 aromatic heterocycles. The van der Waals surface area contributed by atoms with Gasteiger partial charge in [-0.25, -0.2) is 4.98 Å². The molecule has 1 atom stereocenters. The van der Waals surface area contributed by atoms with Crippen molar-refractivity contribution in [1.82, 2.24) is 20.6 Å². The summed E-state index contributed by atoms with van der Waals surface area (Å²) < 4.78 is 11.3. The number of hydrogen-bond acceptors (Lipinski definition) is 5. The van der Waals surface area contributed by atoms with Crippen LogP contribution >= 0.6 is 0 Å². The molecule has 1 unspecified atom stereocenters. The number of nitrogens with one attached hydrogen (secondary N) is 3. The predicted octanol–water partition coefficient (Wildman–Crippen LogP) is 4.12. The van der Waals surface area contributed by atoms with Gasteiger partial charge in [-0.15, -0.1) is 0 Å². The lowest BCUT2D eigenvalue weighted by Crippen LogP contribution is -2.47. The number of amides is 2. The molecule has 180 valence electrons. The first kappa shape index (κ1) is 23.8. The molecular formula is C27H28N4O4. The van der Waals surface area contributed by atoms with Crippen molar-refractivity contribution in [3.8, 4) is 17.4 Å².